The van der Waals surface area contributed by atoms with Gasteiger partial charge in [0.15, 0.2) is 0 Å². The standard InChI is InChI=1S/C9H17BrF3N/c1-2-6-14(7-4-3-5-10)8-9(11,12)13/h2-8H2,1H3. The molecular formula is C9H17BrF3N. The Labute approximate surface area is 91.8 Å². The second kappa shape index (κ2) is 7.51. The average molecular weight is 276 g/mol. The van der Waals surface area contributed by atoms with E-state index in [2.05, 4.69) is 15.9 Å². The van der Waals surface area contributed by atoms with Gasteiger partial charge in [0.1, 0.15) is 0 Å². The van der Waals surface area contributed by atoms with Gasteiger partial charge in [0.2, 0.25) is 0 Å². The van der Waals surface area contributed by atoms with Gasteiger partial charge in [-0.2, -0.15) is 13.2 Å². The SMILES string of the molecule is CCCN(CCCCBr)CC(F)(F)F. The fourth-order valence-electron chi connectivity index (χ4n) is 1.27. The first-order chi connectivity index (χ1) is 6.49. The Morgan fingerprint density at radius 3 is 2.21 bits per heavy atom. The number of alkyl halides is 4. The van der Waals surface area contributed by atoms with E-state index in [0.717, 1.165) is 24.6 Å². The highest BCUT2D eigenvalue weighted by atomic mass is 79.9. The predicted octanol–water partition coefficient (Wildman–Crippen LogP) is 3.44. The van der Waals surface area contributed by atoms with Crippen LogP contribution in [-0.4, -0.2) is 36.0 Å². The molecule has 0 aliphatic heterocycles. The zero-order valence-corrected chi connectivity index (χ0v) is 9.99. The molecule has 86 valence electrons. The highest BCUT2D eigenvalue weighted by molar-refractivity contribution is 9.09. The second-order valence-electron chi connectivity index (χ2n) is 3.29. The summed E-state index contributed by atoms with van der Waals surface area (Å²) >= 11 is 3.26. The van der Waals surface area contributed by atoms with Crippen LogP contribution in [0, 0.1) is 0 Å². The van der Waals surface area contributed by atoms with Gasteiger partial charge < -0.3 is 0 Å². The molecule has 5 heteroatoms. The van der Waals surface area contributed by atoms with Gasteiger partial charge in [-0.25, -0.2) is 0 Å². The minimum atomic E-state index is -4.07. The van der Waals surface area contributed by atoms with Crippen molar-refractivity contribution < 1.29 is 13.2 Å². The van der Waals surface area contributed by atoms with E-state index in [1.807, 2.05) is 6.92 Å². The first-order valence-electron chi connectivity index (χ1n) is 4.84. The van der Waals surface area contributed by atoms with Gasteiger partial charge in [-0.3, -0.25) is 4.90 Å². The van der Waals surface area contributed by atoms with Gasteiger partial charge in [-0.15, -0.1) is 0 Å². The highest BCUT2D eigenvalue weighted by Crippen LogP contribution is 2.17. The summed E-state index contributed by atoms with van der Waals surface area (Å²) < 4.78 is 36.3. The van der Waals surface area contributed by atoms with Crippen molar-refractivity contribution in [2.45, 2.75) is 32.4 Å². The number of rotatable bonds is 7. The summed E-state index contributed by atoms with van der Waals surface area (Å²) in [6.45, 7) is 2.19. The lowest BCUT2D eigenvalue weighted by Gasteiger charge is -2.22. The smallest absolute Gasteiger partial charge is 0.295 e. The molecule has 0 aromatic carbocycles. The number of halogens is 4. The van der Waals surface area contributed by atoms with Crippen molar-refractivity contribution in [2.24, 2.45) is 0 Å². The third-order valence-electron chi connectivity index (χ3n) is 1.80. The molecule has 0 saturated heterocycles. The van der Waals surface area contributed by atoms with Crippen molar-refractivity contribution in [2.75, 3.05) is 25.0 Å². The summed E-state index contributed by atoms with van der Waals surface area (Å²) in [7, 11) is 0. The number of nitrogens with zero attached hydrogens (tertiary/aromatic N) is 1. The van der Waals surface area contributed by atoms with Crippen LogP contribution < -0.4 is 0 Å². The Morgan fingerprint density at radius 1 is 1.14 bits per heavy atom. The van der Waals surface area contributed by atoms with Crippen LogP contribution >= 0.6 is 15.9 Å². The minimum Gasteiger partial charge on any atom is -0.295 e. The van der Waals surface area contributed by atoms with Crippen LogP contribution in [-0.2, 0) is 0 Å². The van der Waals surface area contributed by atoms with Gasteiger partial charge in [-0.1, -0.05) is 22.9 Å². The Hall–Kier alpha value is 0.230. The van der Waals surface area contributed by atoms with E-state index < -0.39 is 12.7 Å². The van der Waals surface area contributed by atoms with E-state index in [1.165, 1.54) is 4.90 Å². The molecular weight excluding hydrogens is 259 g/mol. The van der Waals surface area contributed by atoms with Gasteiger partial charge in [0.05, 0.1) is 6.54 Å². The normalized spacial score (nSPS) is 12.4. The molecule has 14 heavy (non-hydrogen) atoms. The van der Waals surface area contributed by atoms with Gasteiger partial charge >= 0.3 is 6.18 Å². The second-order valence-corrected chi connectivity index (χ2v) is 4.08. The molecule has 0 saturated carbocycles. The van der Waals surface area contributed by atoms with Gasteiger partial charge in [-0.05, 0) is 32.4 Å². The molecule has 0 aromatic heterocycles. The largest absolute Gasteiger partial charge is 0.401 e. The van der Waals surface area contributed by atoms with E-state index in [-0.39, 0.29) is 0 Å². The van der Waals surface area contributed by atoms with Crippen molar-refractivity contribution in [1.82, 2.24) is 4.90 Å². The van der Waals surface area contributed by atoms with Crippen molar-refractivity contribution in [3.63, 3.8) is 0 Å². The van der Waals surface area contributed by atoms with E-state index in [9.17, 15) is 13.2 Å². The van der Waals surface area contributed by atoms with Crippen LogP contribution in [0.2, 0.25) is 0 Å². The van der Waals surface area contributed by atoms with E-state index in [1.54, 1.807) is 0 Å². The summed E-state index contributed by atoms with van der Waals surface area (Å²) in [4.78, 5) is 1.47. The van der Waals surface area contributed by atoms with Crippen LogP contribution in [0.1, 0.15) is 26.2 Å². The molecule has 0 aromatic rings. The maximum Gasteiger partial charge on any atom is 0.401 e. The number of hydrogen-bond acceptors (Lipinski definition) is 1. The first-order valence-corrected chi connectivity index (χ1v) is 5.97. The Morgan fingerprint density at radius 2 is 1.79 bits per heavy atom. The zero-order valence-electron chi connectivity index (χ0n) is 8.41. The van der Waals surface area contributed by atoms with E-state index >= 15 is 0 Å². The summed E-state index contributed by atoms with van der Waals surface area (Å²) in [5.74, 6) is 0. The van der Waals surface area contributed by atoms with Gasteiger partial charge in [0, 0.05) is 5.33 Å². The monoisotopic (exact) mass is 275 g/mol. The first kappa shape index (κ1) is 14.2. The average Bonchev–Trinajstić information content (AvgIpc) is 2.02. The minimum absolute atomic E-state index is 0.530. The number of unbranched alkanes of at least 4 members (excludes halogenated alkanes) is 1. The maximum absolute atomic E-state index is 12.1. The molecule has 0 aliphatic carbocycles. The number of hydrogen-bond donors (Lipinski definition) is 0. The lowest BCUT2D eigenvalue weighted by molar-refractivity contribution is -0.146. The molecule has 0 rings (SSSR count). The van der Waals surface area contributed by atoms with Crippen LogP contribution in [0.15, 0.2) is 0 Å². The van der Waals surface area contributed by atoms with Crippen molar-refractivity contribution in [3.8, 4) is 0 Å². The molecule has 0 bridgehead atoms. The fraction of sp³-hybridized carbons (Fsp3) is 1.00. The molecule has 0 heterocycles. The molecule has 0 atom stereocenters. The third-order valence-corrected chi connectivity index (χ3v) is 2.36. The van der Waals surface area contributed by atoms with Crippen molar-refractivity contribution in [1.29, 1.82) is 0 Å². The predicted molar refractivity (Wildman–Crippen MR) is 55.8 cm³/mol. The van der Waals surface area contributed by atoms with Crippen LogP contribution in [0.4, 0.5) is 13.2 Å². The Kier molecular flexibility index (Phi) is 7.64. The lowest BCUT2D eigenvalue weighted by atomic mass is 10.3. The fourth-order valence-corrected chi connectivity index (χ4v) is 1.67. The van der Waals surface area contributed by atoms with Crippen LogP contribution in [0.5, 0.6) is 0 Å². The zero-order chi connectivity index (χ0) is 11.0. The molecule has 0 N–H and O–H groups in total. The van der Waals surface area contributed by atoms with Gasteiger partial charge in [0.25, 0.3) is 0 Å². The maximum atomic E-state index is 12.1. The molecule has 0 fully saturated rings. The van der Waals surface area contributed by atoms with E-state index in [0.29, 0.717) is 13.1 Å². The molecule has 0 radical (unpaired) electrons. The Balaban J connectivity index is 3.77. The summed E-state index contributed by atoms with van der Waals surface area (Å²) in [5, 5.41) is 0.860. The summed E-state index contributed by atoms with van der Waals surface area (Å²) in [6.07, 6.45) is -1.55. The Bertz CT molecular complexity index is 139. The summed E-state index contributed by atoms with van der Waals surface area (Å²) in [5.41, 5.74) is 0. The van der Waals surface area contributed by atoms with Crippen molar-refractivity contribution in [3.05, 3.63) is 0 Å². The van der Waals surface area contributed by atoms with Crippen LogP contribution in [0.25, 0.3) is 0 Å². The molecule has 0 unspecified atom stereocenters. The quantitative estimate of drug-likeness (QED) is 0.508. The lowest BCUT2D eigenvalue weighted by Crippen LogP contribution is -2.35. The third kappa shape index (κ3) is 8.81. The van der Waals surface area contributed by atoms with Crippen LogP contribution in [0.3, 0.4) is 0 Å². The molecule has 0 spiro atoms. The molecule has 0 amide bonds. The van der Waals surface area contributed by atoms with Crippen molar-refractivity contribution >= 4 is 15.9 Å². The highest BCUT2D eigenvalue weighted by Gasteiger charge is 2.29. The topological polar surface area (TPSA) is 3.24 Å². The summed E-state index contributed by atoms with van der Waals surface area (Å²) in [6, 6.07) is 0. The molecule has 0 aliphatic rings. The van der Waals surface area contributed by atoms with E-state index in [4.69, 9.17) is 0 Å². The molecule has 1 nitrogen and oxygen atoms in total.